The third kappa shape index (κ3) is 7.89. The molecule has 1 heterocycles. The Bertz CT molecular complexity index is 497. The molecule has 0 fully saturated rings. The van der Waals surface area contributed by atoms with Gasteiger partial charge in [0.15, 0.2) is 6.20 Å². The number of nitro groups is 1. The van der Waals surface area contributed by atoms with Crippen LogP contribution in [0.3, 0.4) is 0 Å². The van der Waals surface area contributed by atoms with Crippen LogP contribution in [0.2, 0.25) is 0 Å². The summed E-state index contributed by atoms with van der Waals surface area (Å²) in [5.74, 6) is -0.220. The van der Waals surface area contributed by atoms with Gasteiger partial charge in [0.05, 0.1) is 11.1 Å². The van der Waals surface area contributed by atoms with Gasteiger partial charge in [-0.15, -0.1) is 0 Å². The molecule has 0 radical (unpaired) electrons. The zero-order valence-electron chi connectivity index (χ0n) is 12.7. The molecule has 0 aliphatic heterocycles. The molecule has 0 amide bonds. The van der Waals surface area contributed by atoms with E-state index >= 15 is 0 Å². The summed E-state index contributed by atoms with van der Waals surface area (Å²) in [7, 11) is 0. The van der Waals surface area contributed by atoms with Crippen molar-refractivity contribution in [1.29, 1.82) is 0 Å². The lowest BCUT2D eigenvalue weighted by Crippen LogP contribution is -2.27. The van der Waals surface area contributed by atoms with Crippen LogP contribution in [0.4, 0.5) is 11.5 Å². The number of aromatic nitrogens is 1. The number of hydrogen-bond acceptors (Lipinski definition) is 7. The van der Waals surface area contributed by atoms with Gasteiger partial charge < -0.3 is 25.3 Å². The lowest BCUT2D eigenvalue weighted by Gasteiger charge is -2.22. The van der Waals surface area contributed by atoms with Gasteiger partial charge in [0.25, 0.3) is 6.47 Å². The van der Waals surface area contributed by atoms with Crippen LogP contribution in [-0.4, -0.2) is 41.2 Å². The fraction of sp³-hybridized carbons (Fsp3) is 0.538. The molecule has 9 heteroatoms. The van der Waals surface area contributed by atoms with Crippen molar-refractivity contribution in [3.8, 4) is 0 Å². The number of rotatable bonds is 7. The standard InChI is InChI=1S/C10H14BrN3O3.C3H6O2/c1-10(2,6-15)5-13-8-3-7(11)4-12-9(8)14(16)17;1-2-5-3-4/h3-4,13,15H,5-6H2,1-2H3;3H,2H2,1H3. The van der Waals surface area contributed by atoms with Crippen LogP contribution in [0.5, 0.6) is 0 Å². The summed E-state index contributed by atoms with van der Waals surface area (Å²) >= 11 is 3.21. The molecular weight excluding hydrogens is 358 g/mol. The third-order valence-electron chi connectivity index (χ3n) is 2.43. The highest BCUT2D eigenvalue weighted by Gasteiger charge is 2.20. The normalized spacial score (nSPS) is 10.2. The van der Waals surface area contributed by atoms with E-state index in [0.717, 1.165) is 0 Å². The molecule has 0 aliphatic carbocycles. The molecular formula is C13H20BrN3O5. The van der Waals surface area contributed by atoms with Gasteiger partial charge in [-0.2, -0.15) is 0 Å². The maximum absolute atomic E-state index is 10.8. The van der Waals surface area contributed by atoms with Crippen LogP contribution in [0.1, 0.15) is 20.8 Å². The number of carbonyl (C=O) groups excluding carboxylic acids is 1. The SMILES string of the molecule is CC(C)(CO)CNc1cc(Br)cnc1[N+](=O)[O-].CCOC=O. The number of pyridine rings is 1. The van der Waals surface area contributed by atoms with Crippen molar-refractivity contribution in [3.63, 3.8) is 0 Å². The van der Waals surface area contributed by atoms with Gasteiger partial charge in [0.1, 0.15) is 5.69 Å². The lowest BCUT2D eigenvalue weighted by molar-refractivity contribution is -0.388. The van der Waals surface area contributed by atoms with Gasteiger partial charge in [-0.25, -0.2) is 0 Å². The molecule has 1 rings (SSSR count). The maximum Gasteiger partial charge on any atom is 0.386 e. The minimum atomic E-state index is -0.541. The second-order valence-electron chi connectivity index (χ2n) is 5.01. The Labute approximate surface area is 137 Å². The third-order valence-corrected chi connectivity index (χ3v) is 2.86. The summed E-state index contributed by atoms with van der Waals surface area (Å²) in [5, 5.41) is 22.8. The molecule has 0 aliphatic rings. The number of halogens is 1. The van der Waals surface area contributed by atoms with E-state index in [4.69, 9.17) is 5.11 Å². The first-order valence-corrected chi connectivity index (χ1v) is 7.26. The second kappa shape index (κ2) is 10.1. The highest BCUT2D eigenvalue weighted by molar-refractivity contribution is 9.10. The van der Waals surface area contributed by atoms with Crippen LogP contribution < -0.4 is 5.32 Å². The van der Waals surface area contributed by atoms with Crippen molar-refractivity contribution in [2.45, 2.75) is 20.8 Å². The van der Waals surface area contributed by atoms with Crippen LogP contribution in [0.15, 0.2) is 16.7 Å². The quantitative estimate of drug-likeness (QED) is 0.425. The number of aliphatic hydroxyl groups is 1. The molecule has 0 unspecified atom stereocenters. The van der Waals surface area contributed by atoms with E-state index < -0.39 is 4.92 Å². The van der Waals surface area contributed by atoms with Crippen LogP contribution in [-0.2, 0) is 9.53 Å². The molecule has 22 heavy (non-hydrogen) atoms. The minimum Gasteiger partial charge on any atom is -0.468 e. The predicted molar refractivity (Wildman–Crippen MR) is 85.6 cm³/mol. The molecule has 0 bridgehead atoms. The number of nitrogens with one attached hydrogen (secondary N) is 1. The Balaban J connectivity index is 0.000000763. The van der Waals surface area contributed by atoms with Crippen molar-refractivity contribution in [1.82, 2.24) is 4.98 Å². The minimum absolute atomic E-state index is 0.00473. The molecule has 0 spiro atoms. The second-order valence-corrected chi connectivity index (χ2v) is 5.92. The average molecular weight is 378 g/mol. The van der Waals surface area contributed by atoms with E-state index in [1.807, 2.05) is 13.8 Å². The first-order chi connectivity index (χ1) is 10.3. The van der Waals surface area contributed by atoms with Crippen molar-refractivity contribution in [3.05, 3.63) is 26.9 Å². The molecule has 2 N–H and O–H groups in total. The van der Waals surface area contributed by atoms with E-state index in [-0.39, 0.29) is 17.8 Å². The maximum atomic E-state index is 10.8. The highest BCUT2D eigenvalue weighted by Crippen LogP contribution is 2.26. The number of nitrogens with zero attached hydrogens (tertiary/aromatic N) is 2. The number of ether oxygens (including phenoxy) is 1. The first-order valence-electron chi connectivity index (χ1n) is 6.47. The summed E-state index contributed by atoms with van der Waals surface area (Å²) in [4.78, 5) is 23.1. The van der Waals surface area contributed by atoms with Crippen molar-refractivity contribution in [2.24, 2.45) is 5.41 Å². The monoisotopic (exact) mass is 377 g/mol. The van der Waals surface area contributed by atoms with Gasteiger partial charge in [0.2, 0.25) is 0 Å². The molecule has 8 nitrogen and oxygen atoms in total. The topological polar surface area (TPSA) is 115 Å². The zero-order chi connectivity index (χ0) is 17.2. The Morgan fingerprint density at radius 1 is 1.59 bits per heavy atom. The van der Waals surface area contributed by atoms with Gasteiger partial charge in [-0.3, -0.25) is 4.79 Å². The lowest BCUT2D eigenvalue weighted by atomic mass is 9.95. The Kier molecular flexibility index (Phi) is 9.27. The number of aliphatic hydroxyl groups excluding tert-OH is 1. The average Bonchev–Trinajstić information content (AvgIpc) is 2.46. The fourth-order valence-corrected chi connectivity index (χ4v) is 1.50. The van der Waals surface area contributed by atoms with Crippen molar-refractivity contribution in [2.75, 3.05) is 25.1 Å². The smallest absolute Gasteiger partial charge is 0.386 e. The number of hydrogen-bond donors (Lipinski definition) is 2. The summed E-state index contributed by atoms with van der Waals surface area (Å²) in [6, 6.07) is 1.60. The Hall–Kier alpha value is -1.74. The zero-order valence-corrected chi connectivity index (χ0v) is 14.3. The van der Waals surface area contributed by atoms with Crippen LogP contribution in [0, 0.1) is 15.5 Å². The summed E-state index contributed by atoms with van der Waals surface area (Å²) in [5.41, 5.74) is -0.0122. The van der Waals surface area contributed by atoms with E-state index in [1.54, 1.807) is 13.0 Å². The van der Waals surface area contributed by atoms with Crippen LogP contribution >= 0.6 is 15.9 Å². The van der Waals surface area contributed by atoms with Crippen molar-refractivity contribution < 1.29 is 19.6 Å². The molecule has 1 aromatic rings. The Morgan fingerprint density at radius 2 is 2.23 bits per heavy atom. The number of carbonyl (C=O) groups is 1. The summed E-state index contributed by atoms with van der Waals surface area (Å²) in [6.45, 7) is 6.80. The van der Waals surface area contributed by atoms with Crippen LogP contribution in [0.25, 0.3) is 0 Å². The van der Waals surface area contributed by atoms with Gasteiger partial charge >= 0.3 is 5.82 Å². The van der Waals surface area contributed by atoms with Gasteiger partial charge in [-0.05, 0) is 38.8 Å². The number of anilines is 1. The largest absolute Gasteiger partial charge is 0.468 e. The summed E-state index contributed by atoms with van der Waals surface area (Å²) < 4.78 is 4.81. The molecule has 0 saturated carbocycles. The van der Waals surface area contributed by atoms with E-state index in [2.05, 4.69) is 31.0 Å². The Morgan fingerprint density at radius 3 is 2.64 bits per heavy atom. The molecule has 0 aromatic carbocycles. The summed E-state index contributed by atoms with van der Waals surface area (Å²) in [6.07, 6.45) is 1.38. The molecule has 0 saturated heterocycles. The predicted octanol–water partition coefficient (Wildman–Crippen LogP) is 2.36. The first kappa shape index (κ1) is 20.3. The fourth-order valence-electron chi connectivity index (χ4n) is 1.17. The highest BCUT2D eigenvalue weighted by atomic mass is 79.9. The molecule has 124 valence electrons. The van der Waals surface area contributed by atoms with Gasteiger partial charge in [0, 0.05) is 18.6 Å². The van der Waals surface area contributed by atoms with E-state index in [9.17, 15) is 14.9 Å². The van der Waals surface area contributed by atoms with Gasteiger partial charge in [-0.1, -0.05) is 13.8 Å². The van der Waals surface area contributed by atoms with E-state index in [1.165, 1.54) is 6.20 Å². The molecule has 0 atom stereocenters. The molecule has 1 aromatic heterocycles. The van der Waals surface area contributed by atoms with E-state index in [0.29, 0.717) is 29.8 Å². The van der Waals surface area contributed by atoms with Crippen molar-refractivity contribution >= 4 is 33.9 Å².